The van der Waals surface area contributed by atoms with Crippen LogP contribution in [-0.2, 0) is 19.6 Å². The highest BCUT2D eigenvalue weighted by Crippen LogP contribution is 2.31. The van der Waals surface area contributed by atoms with Crippen LogP contribution in [0.2, 0.25) is 0 Å². The first-order chi connectivity index (χ1) is 12.0. The van der Waals surface area contributed by atoms with Crippen molar-refractivity contribution in [1.29, 1.82) is 0 Å². The number of carbonyl (C=O) groups excluding carboxylic acids is 1. The van der Waals surface area contributed by atoms with Crippen molar-refractivity contribution < 1.29 is 17.9 Å². The van der Waals surface area contributed by atoms with E-state index in [0.29, 0.717) is 12.2 Å². The molecule has 0 spiro atoms. The number of rotatable bonds is 5. The molecule has 1 saturated heterocycles. The van der Waals surface area contributed by atoms with E-state index >= 15 is 0 Å². The quantitative estimate of drug-likeness (QED) is 0.823. The Hall–Kier alpha value is -2.02. The molecule has 5 nitrogen and oxygen atoms in total. The first kappa shape index (κ1) is 17.8. The molecule has 0 aliphatic carbocycles. The molecule has 132 valence electrons. The van der Waals surface area contributed by atoms with Gasteiger partial charge in [-0.3, -0.25) is 4.79 Å². The molecule has 1 fully saturated rings. The molecule has 3 rings (SSSR count). The number of nitrogens with zero attached hydrogens (tertiary/aromatic N) is 1. The summed E-state index contributed by atoms with van der Waals surface area (Å²) in [5.74, 6) is -0.0490. The Morgan fingerprint density at radius 1 is 1.12 bits per heavy atom. The number of hydrogen-bond donors (Lipinski definition) is 0. The van der Waals surface area contributed by atoms with Crippen LogP contribution in [-0.4, -0.2) is 44.3 Å². The Morgan fingerprint density at radius 3 is 2.52 bits per heavy atom. The molecule has 2 aromatic carbocycles. The first-order valence-corrected chi connectivity index (χ1v) is 9.67. The summed E-state index contributed by atoms with van der Waals surface area (Å²) < 4.78 is 33.5. The molecular formula is C19H21NO4S. The lowest BCUT2D eigenvalue weighted by Crippen LogP contribution is -2.49. The normalized spacial score (nSPS) is 18.8. The van der Waals surface area contributed by atoms with Crippen molar-refractivity contribution in [2.75, 3.05) is 19.8 Å². The van der Waals surface area contributed by atoms with Gasteiger partial charge in [-0.15, -0.1) is 0 Å². The fraction of sp³-hybridized carbons (Fsp3) is 0.316. The van der Waals surface area contributed by atoms with Crippen molar-refractivity contribution in [2.24, 2.45) is 0 Å². The standard InChI is InChI=1S/C19H21NO4S/c1-15(21)13-17-14-24-12-11-20(17)25(22,23)19-10-6-5-9-18(19)16-7-3-2-4-8-16/h2-10,17H,11-14H2,1H3/t17-/m1/s1. The van der Waals surface area contributed by atoms with Crippen molar-refractivity contribution in [2.45, 2.75) is 24.3 Å². The number of hydrogen-bond acceptors (Lipinski definition) is 4. The molecule has 1 atom stereocenters. The van der Waals surface area contributed by atoms with Crippen LogP contribution in [0.15, 0.2) is 59.5 Å². The molecule has 0 N–H and O–H groups in total. The zero-order valence-corrected chi connectivity index (χ0v) is 14.9. The van der Waals surface area contributed by atoms with E-state index in [2.05, 4.69) is 0 Å². The molecule has 0 bridgehead atoms. The van der Waals surface area contributed by atoms with Gasteiger partial charge in [0.1, 0.15) is 5.78 Å². The SMILES string of the molecule is CC(=O)C[C@@H]1COCCN1S(=O)(=O)c1ccccc1-c1ccccc1. The number of ketones is 1. The van der Waals surface area contributed by atoms with Crippen molar-refractivity contribution >= 4 is 15.8 Å². The van der Waals surface area contributed by atoms with Crippen molar-refractivity contribution in [1.82, 2.24) is 4.31 Å². The molecule has 0 unspecified atom stereocenters. The van der Waals surface area contributed by atoms with Gasteiger partial charge in [0.2, 0.25) is 10.0 Å². The Kier molecular flexibility index (Phi) is 5.32. The molecule has 1 aliphatic rings. The zero-order valence-electron chi connectivity index (χ0n) is 14.1. The summed E-state index contributed by atoms with van der Waals surface area (Å²) in [6.07, 6.45) is 0.159. The van der Waals surface area contributed by atoms with Gasteiger partial charge < -0.3 is 4.74 Å². The summed E-state index contributed by atoms with van der Waals surface area (Å²) in [4.78, 5) is 11.8. The lowest BCUT2D eigenvalue weighted by molar-refractivity contribution is -0.118. The molecule has 0 saturated carbocycles. The molecule has 6 heteroatoms. The molecule has 25 heavy (non-hydrogen) atoms. The van der Waals surface area contributed by atoms with Crippen LogP contribution in [0, 0.1) is 0 Å². The van der Waals surface area contributed by atoms with Crippen LogP contribution in [0.5, 0.6) is 0 Å². The minimum atomic E-state index is -3.73. The maximum atomic E-state index is 13.3. The number of Topliss-reactive ketones (excluding diaryl/α,β-unsaturated/α-hetero) is 1. The van der Waals surface area contributed by atoms with E-state index in [4.69, 9.17) is 4.74 Å². The predicted octanol–water partition coefficient (Wildman–Crippen LogP) is 2.72. The second kappa shape index (κ2) is 7.47. The second-order valence-corrected chi connectivity index (χ2v) is 7.97. The third kappa shape index (κ3) is 3.81. The minimum absolute atomic E-state index is 0.0490. The fourth-order valence-electron chi connectivity index (χ4n) is 3.12. The summed E-state index contributed by atoms with van der Waals surface area (Å²) in [6, 6.07) is 16.0. The Morgan fingerprint density at radius 2 is 1.80 bits per heavy atom. The second-order valence-electron chi connectivity index (χ2n) is 6.11. The van der Waals surface area contributed by atoms with Crippen LogP contribution in [0.1, 0.15) is 13.3 Å². The molecule has 2 aromatic rings. The van der Waals surface area contributed by atoms with Crippen LogP contribution in [0.4, 0.5) is 0 Å². The van der Waals surface area contributed by atoms with Crippen molar-refractivity contribution in [3.05, 3.63) is 54.6 Å². The molecular weight excluding hydrogens is 338 g/mol. The van der Waals surface area contributed by atoms with Crippen molar-refractivity contribution in [3.63, 3.8) is 0 Å². The number of benzene rings is 2. The molecule has 1 aliphatic heterocycles. The van der Waals surface area contributed by atoms with E-state index in [1.807, 2.05) is 42.5 Å². The third-order valence-electron chi connectivity index (χ3n) is 4.26. The number of ether oxygens (including phenoxy) is 1. The lowest BCUT2D eigenvalue weighted by atomic mass is 10.1. The van der Waals surface area contributed by atoms with Crippen LogP contribution in [0.25, 0.3) is 11.1 Å². The minimum Gasteiger partial charge on any atom is -0.378 e. The fourth-order valence-corrected chi connectivity index (χ4v) is 4.93. The lowest BCUT2D eigenvalue weighted by Gasteiger charge is -2.34. The van der Waals surface area contributed by atoms with Gasteiger partial charge in [-0.2, -0.15) is 4.31 Å². The maximum Gasteiger partial charge on any atom is 0.244 e. The summed E-state index contributed by atoms with van der Waals surface area (Å²) in [7, 11) is -3.73. The van der Waals surface area contributed by atoms with Crippen LogP contribution >= 0.6 is 0 Å². The van der Waals surface area contributed by atoms with E-state index in [1.165, 1.54) is 11.2 Å². The van der Waals surface area contributed by atoms with E-state index in [-0.39, 0.29) is 30.3 Å². The van der Waals surface area contributed by atoms with Gasteiger partial charge in [-0.05, 0) is 18.6 Å². The van der Waals surface area contributed by atoms with Gasteiger partial charge in [-0.25, -0.2) is 8.42 Å². The highest BCUT2D eigenvalue weighted by atomic mass is 32.2. The molecule has 0 radical (unpaired) electrons. The Bertz CT molecular complexity index is 849. The first-order valence-electron chi connectivity index (χ1n) is 8.23. The summed E-state index contributed by atoms with van der Waals surface area (Å²) in [6.45, 7) is 2.30. The van der Waals surface area contributed by atoms with Gasteiger partial charge in [0.25, 0.3) is 0 Å². The predicted molar refractivity (Wildman–Crippen MR) is 95.7 cm³/mol. The third-order valence-corrected chi connectivity index (χ3v) is 6.27. The van der Waals surface area contributed by atoms with Gasteiger partial charge in [0, 0.05) is 18.5 Å². The van der Waals surface area contributed by atoms with Gasteiger partial charge in [-0.1, -0.05) is 48.5 Å². The molecule has 0 amide bonds. The van der Waals surface area contributed by atoms with E-state index in [0.717, 1.165) is 5.56 Å². The largest absolute Gasteiger partial charge is 0.378 e. The van der Waals surface area contributed by atoms with Crippen LogP contribution in [0.3, 0.4) is 0 Å². The summed E-state index contributed by atoms with van der Waals surface area (Å²) in [5.41, 5.74) is 1.51. The van der Waals surface area contributed by atoms with Gasteiger partial charge in [0.05, 0.1) is 24.2 Å². The Labute approximate surface area is 148 Å². The highest BCUT2D eigenvalue weighted by Gasteiger charge is 2.35. The van der Waals surface area contributed by atoms with Crippen molar-refractivity contribution in [3.8, 4) is 11.1 Å². The molecule has 1 heterocycles. The maximum absolute atomic E-state index is 13.3. The zero-order chi connectivity index (χ0) is 17.9. The number of carbonyl (C=O) groups is 1. The number of morpholine rings is 1. The van der Waals surface area contributed by atoms with Crippen LogP contribution < -0.4 is 0 Å². The molecule has 0 aromatic heterocycles. The topological polar surface area (TPSA) is 63.7 Å². The average molecular weight is 359 g/mol. The van der Waals surface area contributed by atoms with Gasteiger partial charge in [0.15, 0.2) is 0 Å². The van der Waals surface area contributed by atoms with E-state index in [1.54, 1.807) is 12.1 Å². The van der Waals surface area contributed by atoms with E-state index < -0.39 is 16.1 Å². The Balaban J connectivity index is 2.04. The average Bonchev–Trinajstić information content (AvgIpc) is 2.62. The monoisotopic (exact) mass is 359 g/mol. The smallest absolute Gasteiger partial charge is 0.244 e. The summed E-state index contributed by atoms with van der Waals surface area (Å²) >= 11 is 0. The number of sulfonamides is 1. The van der Waals surface area contributed by atoms with Gasteiger partial charge >= 0.3 is 0 Å². The van der Waals surface area contributed by atoms with E-state index in [9.17, 15) is 13.2 Å². The highest BCUT2D eigenvalue weighted by molar-refractivity contribution is 7.89. The summed E-state index contributed by atoms with van der Waals surface area (Å²) in [5, 5.41) is 0.